The smallest absolute Gasteiger partial charge is 0.257 e. The Morgan fingerprint density at radius 2 is 1.89 bits per heavy atom. The first-order chi connectivity index (χ1) is 13.5. The van der Waals surface area contributed by atoms with Crippen LogP contribution in [0.1, 0.15) is 5.89 Å². The summed E-state index contributed by atoms with van der Waals surface area (Å²) in [6.07, 6.45) is 0. The molecule has 1 aromatic carbocycles. The van der Waals surface area contributed by atoms with Crippen LogP contribution in [-0.2, 0) is 10.0 Å². The molecular weight excluding hydrogens is 400 g/mol. The second-order valence-corrected chi connectivity index (χ2v) is 9.59. The van der Waals surface area contributed by atoms with Crippen LogP contribution in [0.15, 0.2) is 45.0 Å². The third-order valence-corrected chi connectivity index (χ3v) is 8.01. The van der Waals surface area contributed by atoms with Crippen molar-refractivity contribution in [2.45, 2.75) is 11.1 Å². The maximum atomic E-state index is 13.0. The lowest BCUT2D eigenvalue weighted by Crippen LogP contribution is -2.48. The average Bonchev–Trinajstić information content (AvgIpc) is 3.37. The number of aromatic nitrogens is 2. The Morgan fingerprint density at radius 3 is 2.57 bits per heavy atom. The molecule has 8 nitrogen and oxygen atoms in total. The molecule has 4 rings (SSSR count). The van der Waals surface area contributed by atoms with Crippen molar-refractivity contribution in [3.05, 3.63) is 42.3 Å². The fourth-order valence-electron chi connectivity index (χ4n) is 3.09. The molecule has 0 radical (unpaired) electrons. The molecule has 10 heteroatoms. The van der Waals surface area contributed by atoms with Gasteiger partial charge in [-0.15, -0.1) is 21.5 Å². The van der Waals surface area contributed by atoms with Gasteiger partial charge < -0.3 is 14.1 Å². The van der Waals surface area contributed by atoms with Crippen molar-refractivity contribution < 1.29 is 17.6 Å². The van der Waals surface area contributed by atoms with Crippen molar-refractivity contribution in [2.75, 3.05) is 38.2 Å². The van der Waals surface area contributed by atoms with Gasteiger partial charge >= 0.3 is 0 Å². The molecule has 1 saturated heterocycles. The predicted octanol–water partition coefficient (Wildman–Crippen LogP) is 2.63. The minimum absolute atomic E-state index is 0.285. The number of sulfonamides is 1. The maximum Gasteiger partial charge on any atom is 0.257 e. The van der Waals surface area contributed by atoms with E-state index < -0.39 is 10.0 Å². The number of nitrogens with zero attached hydrogens (tertiary/aromatic N) is 4. The summed E-state index contributed by atoms with van der Waals surface area (Å²) in [5.41, 5.74) is 1.03. The monoisotopic (exact) mass is 420 g/mol. The van der Waals surface area contributed by atoms with E-state index in [1.165, 1.54) is 4.31 Å². The molecule has 0 aliphatic carbocycles. The number of hydrogen-bond donors (Lipinski definition) is 0. The fraction of sp³-hybridized carbons (Fsp3) is 0.333. The molecule has 1 aliphatic heterocycles. The summed E-state index contributed by atoms with van der Waals surface area (Å²) < 4.78 is 38.5. The summed E-state index contributed by atoms with van der Waals surface area (Å²) in [7, 11) is -1.92. The van der Waals surface area contributed by atoms with Crippen molar-refractivity contribution in [1.82, 2.24) is 14.5 Å². The first-order valence-electron chi connectivity index (χ1n) is 8.77. The highest BCUT2D eigenvalue weighted by molar-refractivity contribution is 7.91. The second kappa shape index (κ2) is 7.53. The Kier molecular flexibility index (Phi) is 5.09. The van der Waals surface area contributed by atoms with E-state index in [9.17, 15) is 8.42 Å². The summed E-state index contributed by atoms with van der Waals surface area (Å²) in [5.74, 6) is 1.57. The van der Waals surface area contributed by atoms with E-state index in [0.717, 1.165) is 22.8 Å². The van der Waals surface area contributed by atoms with E-state index in [2.05, 4.69) is 15.1 Å². The number of rotatable bonds is 5. The van der Waals surface area contributed by atoms with Crippen molar-refractivity contribution in [1.29, 1.82) is 0 Å². The number of hydrogen-bond acceptors (Lipinski definition) is 8. The number of ether oxygens (including phenoxy) is 1. The van der Waals surface area contributed by atoms with Gasteiger partial charge in [0.1, 0.15) is 9.96 Å². The van der Waals surface area contributed by atoms with Crippen LogP contribution < -0.4 is 9.64 Å². The highest BCUT2D eigenvalue weighted by Crippen LogP contribution is 2.32. The first-order valence-corrected chi connectivity index (χ1v) is 11.0. The Labute approximate surface area is 167 Å². The van der Waals surface area contributed by atoms with Crippen LogP contribution in [0.2, 0.25) is 0 Å². The van der Waals surface area contributed by atoms with Gasteiger partial charge in [0.25, 0.3) is 15.9 Å². The molecule has 0 N–H and O–H groups in total. The molecule has 0 amide bonds. The number of benzene rings is 1. The molecule has 0 atom stereocenters. The molecule has 1 aliphatic rings. The van der Waals surface area contributed by atoms with Crippen LogP contribution in [0.3, 0.4) is 0 Å². The molecule has 28 heavy (non-hydrogen) atoms. The van der Waals surface area contributed by atoms with E-state index in [-0.39, 0.29) is 4.21 Å². The number of thiophene rings is 1. The lowest BCUT2D eigenvalue weighted by Gasteiger charge is -2.35. The highest BCUT2D eigenvalue weighted by atomic mass is 32.2. The zero-order chi connectivity index (χ0) is 19.7. The summed E-state index contributed by atoms with van der Waals surface area (Å²) in [4.78, 5) is 2.81. The van der Waals surface area contributed by atoms with Gasteiger partial charge in [-0.2, -0.15) is 4.31 Å². The van der Waals surface area contributed by atoms with E-state index in [4.69, 9.17) is 9.15 Å². The van der Waals surface area contributed by atoms with Crippen molar-refractivity contribution in [2.24, 2.45) is 0 Å². The van der Waals surface area contributed by atoms with E-state index in [1.807, 2.05) is 24.3 Å². The van der Waals surface area contributed by atoms with E-state index in [0.29, 0.717) is 42.8 Å². The number of aryl methyl sites for hydroxylation is 1. The largest absolute Gasteiger partial charge is 0.497 e. The number of piperazine rings is 1. The minimum Gasteiger partial charge on any atom is -0.497 e. The van der Waals surface area contributed by atoms with Crippen LogP contribution in [0.4, 0.5) is 5.69 Å². The van der Waals surface area contributed by atoms with Gasteiger partial charge in [-0.05, 0) is 24.3 Å². The second-order valence-electron chi connectivity index (χ2n) is 6.34. The molecular formula is C18H20N4O4S2. The van der Waals surface area contributed by atoms with Gasteiger partial charge in [-0.1, -0.05) is 6.07 Å². The number of methoxy groups -OCH3 is 1. The lowest BCUT2D eigenvalue weighted by molar-refractivity contribution is 0.385. The van der Waals surface area contributed by atoms with Gasteiger partial charge in [0.05, 0.1) is 12.0 Å². The molecule has 3 aromatic rings. The van der Waals surface area contributed by atoms with Crippen LogP contribution in [-0.4, -0.2) is 56.2 Å². The molecule has 2 aromatic heterocycles. The topological polar surface area (TPSA) is 88.8 Å². The molecule has 3 heterocycles. The van der Waals surface area contributed by atoms with Crippen LogP contribution in [0.25, 0.3) is 10.8 Å². The quantitative estimate of drug-likeness (QED) is 0.627. The van der Waals surface area contributed by atoms with Gasteiger partial charge in [0.2, 0.25) is 5.89 Å². The van der Waals surface area contributed by atoms with Crippen molar-refractivity contribution >= 4 is 27.0 Å². The molecule has 0 unspecified atom stereocenters. The Bertz CT molecular complexity index is 1070. The predicted molar refractivity (Wildman–Crippen MR) is 106 cm³/mol. The minimum atomic E-state index is -3.55. The lowest BCUT2D eigenvalue weighted by atomic mass is 10.2. The van der Waals surface area contributed by atoms with Crippen LogP contribution in [0.5, 0.6) is 5.75 Å². The fourth-order valence-corrected chi connectivity index (χ4v) is 5.89. The van der Waals surface area contributed by atoms with Gasteiger partial charge in [0, 0.05) is 44.9 Å². The summed E-state index contributed by atoms with van der Waals surface area (Å²) in [6.45, 7) is 3.78. The van der Waals surface area contributed by atoms with Crippen molar-refractivity contribution in [3.8, 4) is 16.5 Å². The zero-order valence-corrected chi connectivity index (χ0v) is 17.2. The van der Waals surface area contributed by atoms with Crippen LogP contribution in [0, 0.1) is 6.92 Å². The third kappa shape index (κ3) is 3.62. The number of anilines is 1. The summed E-state index contributed by atoms with van der Waals surface area (Å²) in [6, 6.07) is 11.1. The first kappa shape index (κ1) is 18.9. The summed E-state index contributed by atoms with van der Waals surface area (Å²) in [5, 5.41) is 7.74. The third-order valence-electron chi connectivity index (χ3n) is 4.57. The molecule has 0 saturated carbocycles. The maximum absolute atomic E-state index is 13.0. The van der Waals surface area contributed by atoms with E-state index >= 15 is 0 Å². The summed E-state index contributed by atoms with van der Waals surface area (Å²) >= 11 is 1.15. The molecule has 0 bridgehead atoms. The standard InChI is InChI=1S/C18H20N4O4S2/c1-13-19-20-18(26-13)16-6-7-17(27-16)28(23,24)22-10-8-21(9-11-22)14-4-3-5-15(12-14)25-2/h3-7,12H,8-11H2,1-2H3. The average molecular weight is 421 g/mol. The Morgan fingerprint density at radius 1 is 1.11 bits per heavy atom. The van der Waals surface area contributed by atoms with Crippen LogP contribution >= 0.6 is 11.3 Å². The highest BCUT2D eigenvalue weighted by Gasteiger charge is 2.30. The molecule has 148 valence electrons. The van der Waals surface area contributed by atoms with E-state index in [1.54, 1.807) is 26.2 Å². The Balaban J connectivity index is 1.47. The van der Waals surface area contributed by atoms with Crippen molar-refractivity contribution in [3.63, 3.8) is 0 Å². The Hall–Kier alpha value is -2.43. The molecule has 1 fully saturated rings. The van der Waals surface area contributed by atoms with Gasteiger partial charge in [-0.3, -0.25) is 0 Å². The van der Waals surface area contributed by atoms with Gasteiger partial charge in [-0.25, -0.2) is 8.42 Å². The zero-order valence-electron chi connectivity index (χ0n) is 15.5. The SMILES string of the molecule is COc1cccc(N2CCN(S(=O)(=O)c3ccc(-c4nnc(C)o4)s3)CC2)c1. The normalized spacial score (nSPS) is 15.7. The molecule has 0 spiro atoms. The van der Waals surface area contributed by atoms with Gasteiger partial charge in [0.15, 0.2) is 0 Å².